The highest BCUT2D eigenvalue weighted by atomic mass is 79.9. The van der Waals surface area contributed by atoms with E-state index in [-0.39, 0.29) is 4.47 Å². The van der Waals surface area contributed by atoms with Crippen molar-refractivity contribution in [3.63, 3.8) is 0 Å². The average molecular weight is 333 g/mol. The van der Waals surface area contributed by atoms with E-state index in [0.717, 1.165) is 21.4 Å². The Bertz CT molecular complexity index is 606. The van der Waals surface area contributed by atoms with Crippen LogP contribution in [0.1, 0.15) is 22.4 Å². The summed E-state index contributed by atoms with van der Waals surface area (Å²) in [5.74, 6) is 0. The van der Waals surface area contributed by atoms with Crippen LogP contribution in [0.5, 0.6) is 0 Å². The van der Waals surface area contributed by atoms with Gasteiger partial charge in [0.2, 0.25) is 0 Å². The lowest BCUT2D eigenvalue weighted by molar-refractivity contribution is -0.143. The van der Waals surface area contributed by atoms with E-state index in [2.05, 4.69) is 21.0 Å². The van der Waals surface area contributed by atoms with Crippen molar-refractivity contribution < 1.29 is 13.2 Å². The van der Waals surface area contributed by atoms with Crippen LogP contribution in [0.15, 0.2) is 22.8 Å². The molecule has 1 heterocycles. The van der Waals surface area contributed by atoms with Crippen molar-refractivity contribution >= 4 is 15.9 Å². The fourth-order valence-corrected chi connectivity index (χ4v) is 2.74. The Labute approximate surface area is 117 Å². The van der Waals surface area contributed by atoms with Gasteiger partial charge >= 0.3 is 6.18 Å². The van der Waals surface area contributed by atoms with Crippen molar-refractivity contribution in [2.75, 3.05) is 0 Å². The van der Waals surface area contributed by atoms with Gasteiger partial charge in [-0.05, 0) is 47.8 Å². The number of alkyl halides is 3. The lowest BCUT2D eigenvalue weighted by Gasteiger charge is -2.16. The molecule has 0 aliphatic rings. The van der Waals surface area contributed by atoms with Gasteiger partial charge in [-0.15, -0.1) is 0 Å². The van der Waals surface area contributed by atoms with Crippen LogP contribution in [0, 0.1) is 20.8 Å². The molecule has 0 spiro atoms. The number of benzene rings is 1. The van der Waals surface area contributed by atoms with Gasteiger partial charge in [0.1, 0.15) is 0 Å². The first kappa shape index (κ1) is 14.1. The van der Waals surface area contributed by atoms with Gasteiger partial charge in [0.25, 0.3) is 0 Å². The molecule has 0 amide bonds. The van der Waals surface area contributed by atoms with Crippen LogP contribution >= 0.6 is 15.9 Å². The summed E-state index contributed by atoms with van der Waals surface area (Å²) in [4.78, 5) is 0. The van der Waals surface area contributed by atoms with Crippen LogP contribution in [-0.2, 0) is 6.18 Å². The third-order valence-electron chi connectivity index (χ3n) is 2.84. The summed E-state index contributed by atoms with van der Waals surface area (Å²) in [6.45, 7) is 5.48. The maximum absolute atomic E-state index is 13.1. The number of nitrogens with zero attached hydrogens (tertiary/aromatic N) is 2. The summed E-state index contributed by atoms with van der Waals surface area (Å²) in [7, 11) is 0. The SMILES string of the molecule is Cc1cc(C)c(-n2ncc(Br)c2C(F)(F)F)c(C)c1. The van der Waals surface area contributed by atoms with Gasteiger partial charge in [-0.3, -0.25) is 0 Å². The molecule has 0 fully saturated rings. The van der Waals surface area contributed by atoms with E-state index in [1.165, 1.54) is 6.20 Å². The van der Waals surface area contributed by atoms with Crippen LogP contribution in [0.4, 0.5) is 13.2 Å². The molecule has 1 aromatic heterocycles. The van der Waals surface area contributed by atoms with Gasteiger partial charge in [0.15, 0.2) is 5.69 Å². The normalized spacial score (nSPS) is 11.9. The minimum Gasteiger partial charge on any atom is -0.227 e. The Morgan fingerprint density at radius 3 is 2.11 bits per heavy atom. The molecule has 6 heteroatoms. The summed E-state index contributed by atoms with van der Waals surface area (Å²) in [6.07, 6.45) is -3.29. The molecular weight excluding hydrogens is 321 g/mol. The third kappa shape index (κ3) is 2.54. The van der Waals surface area contributed by atoms with Gasteiger partial charge in [-0.1, -0.05) is 17.7 Å². The maximum atomic E-state index is 13.1. The molecule has 1 aromatic carbocycles. The second-order valence-corrected chi connectivity index (χ2v) is 5.35. The second kappa shape index (κ2) is 4.67. The number of halogens is 4. The first-order valence-electron chi connectivity index (χ1n) is 5.60. The van der Waals surface area contributed by atoms with Gasteiger partial charge in [0.05, 0.1) is 16.4 Å². The molecule has 2 aromatic rings. The van der Waals surface area contributed by atoms with Crippen molar-refractivity contribution in [3.05, 3.63) is 45.2 Å². The highest BCUT2D eigenvalue weighted by Crippen LogP contribution is 2.37. The Balaban J connectivity index is 2.74. The Kier molecular flexibility index (Phi) is 3.47. The van der Waals surface area contributed by atoms with E-state index in [1.54, 1.807) is 13.8 Å². The van der Waals surface area contributed by atoms with Crippen molar-refractivity contribution in [2.45, 2.75) is 26.9 Å². The fraction of sp³-hybridized carbons (Fsp3) is 0.308. The topological polar surface area (TPSA) is 17.8 Å². The molecule has 0 aliphatic carbocycles. The zero-order valence-electron chi connectivity index (χ0n) is 10.6. The molecule has 0 aliphatic heterocycles. The Morgan fingerprint density at radius 2 is 1.63 bits per heavy atom. The standard InChI is InChI=1S/C13H12BrF3N2/c1-7-4-8(2)11(9(3)5-7)19-12(13(15,16)17)10(14)6-18-19/h4-6H,1-3H3. The number of rotatable bonds is 1. The molecule has 2 nitrogen and oxygen atoms in total. The summed E-state index contributed by atoms with van der Waals surface area (Å²) in [5, 5.41) is 3.85. The molecular formula is C13H12BrF3N2. The molecule has 0 atom stereocenters. The lowest BCUT2D eigenvalue weighted by Crippen LogP contribution is -2.15. The summed E-state index contributed by atoms with van der Waals surface area (Å²) >= 11 is 2.91. The highest BCUT2D eigenvalue weighted by Gasteiger charge is 2.38. The molecule has 19 heavy (non-hydrogen) atoms. The van der Waals surface area contributed by atoms with Gasteiger partial charge in [-0.2, -0.15) is 18.3 Å². The van der Waals surface area contributed by atoms with Crippen molar-refractivity contribution in [2.24, 2.45) is 0 Å². The number of hydrogen-bond donors (Lipinski definition) is 0. The smallest absolute Gasteiger partial charge is 0.227 e. The first-order chi connectivity index (χ1) is 8.71. The van der Waals surface area contributed by atoms with Crippen LogP contribution in [0.25, 0.3) is 5.69 Å². The molecule has 0 N–H and O–H groups in total. The quantitative estimate of drug-likeness (QED) is 0.747. The summed E-state index contributed by atoms with van der Waals surface area (Å²) in [6, 6.07) is 3.69. The Hall–Kier alpha value is -1.30. The number of hydrogen-bond acceptors (Lipinski definition) is 1. The van der Waals surface area contributed by atoms with Crippen LogP contribution in [0.3, 0.4) is 0 Å². The molecule has 0 bridgehead atoms. The summed E-state index contributed by atoms with van der Waals surface area (Å²) < 4.78 is 40.1. The number of aryl methyl sites for hydroxylation is 3. The second-order valence-electron chi connectivity index (χ2n) is 4.50. The van der Waals surface area contributed by atoms with E-state index in [9.17, 15) is 13.2 Å². The van der Waals surface area contributed by atoms with E-state index < -0.39 is 11.9 Å². The zero-order valence-corrected chi connectivity index (χ0v) is 12.2. The molecule has 102 valence electrons. The van der Waals surface area contributed by atoms with E-state index in [0.29, 0.717) is 5.69 Å². The number of aromatic nitrogens is 2. The van der Waals surface area contributed by atoms with Crippen molar-refractivity contribution in [3.8, 4) is 5.69 Å². The Morgan fingerprint density at radius 1 is 1.11 bits per heavy atom. The predicted octanol–water partition coefficient (Wildman–Crippen LogP) is 4.58. The lowest BCUT2D eigenvalue weighted by atomic mass is 10.1. The first-order valence-corrected chi connectivity index (χ1v) is 6.40. The van der Waals surface area contributed by atoms with E-state index in [4.69, 9.17) is 0 Å². The van der Waals surface area contributed by atoms with Crippen LogP contribution in [0.2, 0.25) is 0 Å². The molecule has 0 unspecified atom stereocenters. The van der Waals surface area contributed by atoms with E-state index in [1.807, 2.05) is 19.1 Å². The predicted molar refractivity (Wildman–Crippen MR) is 70.5 cm³/mol. The van der Waals surface area contributed by atoms with E-state index >= 15 is 0 Å². The largest absolute Gasteiger partial charge is 0.434 e. The van der Waals surface area contributed by atoms with Gasteiger partial charge < -0.3 is 0 Å². The van der Waals surface area contributed by atoms with Crippen molar-refractivity contribution in [1.82, 2.24) is 9.78 Å². The molecule has 2 rings (SSSR count). The van der Waals surface area contributed by atoms with Gasteiger partial charge in [-0.25, -0.2) is 4.68 Å². The molecule has 0 radical (unpaired) electrons. The maximum Gasteiger partial charge on any atom is 0.434 e. The van der Waals surface area contributed by atoms with Crippen LogP contribution in [-0.4, -0.2) is 9.78 Å². The fourth-order valence-electron chi connectivity index (χ4n) is 2.26. The minimum atomic E-state index is -4.46. The summed E-state index contributed by atoms with van der Waals surface area (Å²) in [5.41, 5.74) is 2.22. The average Bonchev–Trinajstić information content (AvgIpc) is 2.57. The minimum absolute atomic E-state index is 0.0561. The monoisotopic (exact) mass is 332 g/mol. The highest BCUT2D eigenvalue weighted by molar-refractivity contribution is 9.10. The molecule has 0 saturated heterocycles. The zero-order chi connectivity index (χ0) is 14.4. The van der Waals surface area contributed by atoms with Gasteiger partial charge in [0, 0.05) is 0 Å². The van der Waals surface area contributed by atoms with Crippen molar-refractivity contribution in [1.29, 1.82) is 0 Å². The third-order valence-corrected chi connectivity index (χ3v) is 3.42. The van der Waals surface area contributed by atoms with Crippen LogP contribution < -0.4 is 0 Å². The molecule has 0 saturated carbocycles.